The smallest absolute Gasteiger partial charge is 0.309 e. The summed E-state index contributed by atoms with van der Waals surface area (Å²) in [6.45, 7) is 0.345. The molecule has 72 valence electrons. The van der Waals surface area contributed by atoms with Gasteiger partial charge in [0.15, 0.2) is 0 Å². The molecule has 0 amide bonds. The lowest BCUT2D eigenvalue weighted by Gasteiger charge is -2.15. The standard InChI is InChI=1S/C10H13ClO2/c11-3-4-13-10(12)9-6-7-1-2-8(9)5-7/h1-2,7-9H,3-6H2/t7-,8-,9+/m1/s1. The molecule has 0 radical (unpaired) electrons. The Bertz CT molecular complexity index is 237. The van der Waals surface area contributed by atoms with Crippen molar-refractivity contribution in [2.45, 2.75) is 12.8 Å². The van der Waals surface area contributed by atoms with E-state index in [-0.39, 0.29) is 11.9 Å². The van der Waals surface area contributed by atoms with Crippen molar-refractivity contribution in [1.29, 1.82) is 0 Å². The van der Waals surface area contributed by atoms with E-state index in [9.17, 15) is 4.79 Å². The van der Waals surface area contributed by atoms with E-state index in [1.807, 2.05) is 0 Å². The van der Waals surface area contributed by atoms with Crippen LogP contribution in [0.1, 0.15) is 12.8 Å². The normalized spacial score (nSPS) is 35.3. The summed E-state index contributed by atoms with van der Waals surface area (Å²) in [5, 5.41) is 0. The third-order valence-electron chi connectivity index (χ3n) is 2.90. The number of allylic oxidation sites excluding steroid dienone is 2. The van der Waals surface area contributed by atoms with Gasteiger partial charge in [-0.2, -0.15) is 0 Å². The van der Waals surface area contributed by atoms with E-state index < -0.39 is 0 Å². The highest BCUT2D eigenvalue weighted by molar-refractivity contribution is 6.18. The fraction of sp³-hybridized carbons (Fsp3) is 0.700. The van der Waals surface area contributed by atoms with Gasteiger partial charge in [-0.05, 0) is 24.7 Å². The second-order valence-corrected chi connectivity index (χ2v) is 4.12. The van der Waals surface area contributed by atoms with Crippen LogP contribution in [0.15, 0.2) is 12.2 Å². The van der Waals surface area contributed by atoms with E-state index in [0.29, 0.717) is 24.3 Å². The van der Waals surface area contributed by atoms with Gasteiger partial charge in [0.25, 0.3) is 0 Å². The van der Waals surface area contributed by atoms with Crippen LogP contribution in [0.2, 0.25) is 0 Å². The quantitative estimate of drug-likeness (QED) is 0.396. The van der Waals surface area contributed by atoms with Crippen molar-refractivity contribution in [2.75, 3.05) is 12.5 Å². The Labute approximate surface area is 82.9 Å². The summed E-state index contributed by atoms with van der Waals surface area (Å²) in [6.07, 6.45) is 6.49. The number of alkyl halides is 1. The third-order valence-corrected chi connectivity index (χ3v) is 3.06. The number of ether oxygens (including phenoxy) is 1. The number of hydrogen-bond donors (Lipinski definition) is 0. The van der Waals surface area contributed by atoms with Crippen molar-refractivity contribution in [3.8, 4) is 0 Å². The van der Waals surface area contributed by atoms with Gasteiger partial charge >= 0.3 is 5.97 Å². The lowest BCUT2D eigenvalue weighted by atomic mass is 9.94. The maximum atomic E-state index is 11.5. The molecule has 3 atom stereocenters. The minimum absolute atomic E-state index is 0.0579. The number of carbonyl (C=O) groups excluding carboxylic acids is 1. The van der Waals surface area contributed by atoms with Crippen LogP contribution in [0, 0.1) is 17.8 Å². The molecule has 2 rings (SSSR count). The maximum Gasteiger partial charge on any atom is 0.309 e. The van der Waals surface area contributed by atoms with E-state index in [1.54, 1.807) is 0 Å². The summed E-state index contributed by atoms with van der Waals surface area (Å²) in [5.74, 6) is 1.50. The van der Waals surface area contributed by atoms with Crippen molar-refractivity contribution in [3.63, 3.8) is 0 Å². The van der Waals surface area contributed by atoms with Crippen LogP contribution < -0.4 is 0 Å². The zero-order valence-electron chi connectivity index (χ0n) is 7.41. The van der Waals surface area contributed by atoms with Crippen molar-refractivity contribution >= 4 is 17.6 Å². The van der Waals surface area contributed by atoms with E-state index in [1.165, 1.54) is 0 Å². The topological polar surface area (TPSA) is 26.3 Å². The first-order valence-electron chi connectivity index (χ1n) is 4.72. The highest BCUT2D eigenvalue weighted by Gasteiger charge is 2.40. The molecule has 1 fully saturated rings. The largest absolute Gasteiger partial charge is 0.464 e. The van der Waals surface area contributed by atoms with Gasteiger partial charge in [-0.25, -0.2) is 0 Å². The molecule has 0 unspecified atom stereocenters. The number of rotatable bonds is 3. The first kappa shape index (κ1) is 9.07. The summed E-state index contributed by atoms with van der Waals surface area (Å²) in [7, 11) is 0. The number of esters is 1. The molecule has 3 heteroatoms. The molecule has 0 heterocycles. The molecule has 2 aliphatic carbocycles. The Hall–Kier alpha value is -0.500. The number of fused-ring (bicyclic) bond motifs is 2. The molecule has 13 heavy (non-hydrogen) atoms. The second-order valence-electron chi connectivity index (χ2n) is 3.74. The van der Waals surface area contributed by atoms with Crippen LogP contribution in [-0.2, 0) is 9.53 Å². The summed E-state index contributed by atoms with van der Waals surface area (Å²) in [6, 6.07) is 0. The predicted octanol–water partition coefficient (Wildman–Crippen LogP) is 1.98. The molecule has 0 aliphatic heterocycles. The average Bonchev–Trinajstić information content (AvgIpc) is 2.74. The molecule has 1 saturated carbocycles. The summed E-state index contributed by atoms with van der Waals surface area (Å²) >= 11 is 5.44. The van der Waals surface area contributed by atoms with Crippen LogP contribution in [0.3, 0.4) is 0 Å². The van der Waals surface area contributed by atoms with Crippen molar-refractivity contribution in [3.05, 3.63) is 12.2 Å². The van der Waals surface area contributed by atoms with Gasteiger partial charge in [-0.3, -0.25) is 4.79 Å². The second kappa shape index (κ2) is 3.70. The first-order chi connectivity index (χ1) is 6.31. The Balaban J connectivity index is 1.88. The number of hydrogen-bond acceptors (Lipinski definition) is 2. The molecule has 0 aromatic carbocycles. The average molecular weight is 201 g/mol. The zero-order chi connectivity index (χ0) is 9.26. The van der Waals surface area contributed by atoms with Crippen molar-refractivity contribution in [2.24, 2.45) is 17.8 Å². The Morgan fingerprint density at radius 2 is 2.31 bits per heavy atom. The SMILES string of the molecule is O=C(OCCCl)[C@H]1C[C@@H]2C=C[C@@H]1C2. The minimum Gasteiger partial charge on any atom is -0.464 e. The number of carbonyl (C=O) groups is 1. The monoisotopic (exact) mass is 200 g/mol. The molecule has 0 N–H and O–H groups in total. The third kappa shape index (κ3) is 1.73. The van der Waals surface area contributed by atoms with E-state index >= 15 is 0 Å². The number of halogens is 1. The predicted molar refractivity (Wildman–Crippen MR) is 50.5 cm³/mol. The summed E-state index contributed by atoms with van der Waals surface area (Å²) in [4.78, 5) is 11.5. The maximum absolute atomic E-state index is 11.5. The molecule has 0 spiro atoms. The van der Waals surface area contributed by atoms with Gasteiger partial charge in [-0.1, -0.05) is 12.2 Å². The molecular weight excluding hydrogens is 188 g/mol. The van der Waals surface area contributed by atoms with E-state index in [2.05, 4.69) is 12.2 Å². The van der Waals surface area contributed by atoms with Gasteiger partial charge in [0.2, 0.25) is 0 Å². The van der Waals surface area contributed by atoms with Gasteiger partial charge in [0.05, 0.1) is 11.8 Å². The van der Waals surface area contributed by atoms with Gasteiger partial charge < -0.3 is 4.74 Å². The van der Waals surface area contributed by atoms with Crippen molar-refractivity contribution in [1.82, 2.24) is 0 Å². The fourth-order valence-electron chi connectivity index (χ4n) is 2.30. The molecule has 2 nitrogen and oxygen atoms in total. The lowest BCUT2D eigenvalue weighted by molar-refractivity contribution is -0.148. The summed E-state index contributed by atoms with van der Waals surface area (Å²) in [5.41, 5.74) is 0. The zero-order valence-corrected chi connectivity index (χ0v) is 8.17. The van der Waals surface area contributed by atoms with E-state index in [0.717, 1.165) is 12.8 Å². The van der Waals surface area contributed by atoms with Crippen LogP contribution in [-0.4, -0.2) is 18.5 Å². The Kier molecular flexibility index (Phi) is 2.58. The first-order valence-corrected chi connectivity index (χ1v) is 5.25. The molecule has 0 aromatic heterocycles. The molecular formula is C10H13ClO2. The minimum atomic E-state index is -0.0579. The van der Waals surface area contributed by atoms with Crippen molar-refractivity contribution < 1.29 is 9.53 Å². The van der Waals surface area contributed by atoms with Gasteiger partial charge in [-0.15, -0.1) is 11.6 Å². The Morgan fingerprint density at radius 3 is 2.85 bits per heavy atom. The van der Waals surface area contributed by atoms with Gasteiger partial charge in [0, 0.05) is 0 Å². The van der Waals surface area contributed by atoms with Gasteiger partial charge in [0.1, 0.15) is 6.61 Å². The Morgan fingerprint density at radius 1 is 1.46 bits per heavy atom. The van der Waals surface area contributed by atoms with E-state index in [4.69, 9.17) is 16.3 Å². The molecule has 2 bridgehead atoms. The lowest BCUT2D eigenvalue weighted by Crippen LogP contribution is -2.22. The summed E-state index contributed by atoms with van der Waals surface area (Å²) < 4.78 is 5.02. The van der Waals surface area contributed by atoms with Crippen LogP contribution in [0.5, 0.6) is 0 Å². The molecule has 2 aliphatic rings. The van der Waals surface area contributed by atoms with Crippen LogP contribution >= 0.6 is 11.6 Å². The highest BCUT2D eigenvalue weighted by atomic mass is 35.5. The fourth-order valence-corrected chi connectivity index (χ4v) is 2.38. The highest BCUT2D eigenvalue weighted by Crippen LogP contribution is 2.43. The molecule has 0 saturated heterocycles. The van der Waals surface area contributed by atoms with Crippen LogP contribution in [0.4, 0.5) is 0 Å². The molecule has 0 aromatic rings. The van der Waals surface area contributed by atoms with Crippen LogP contribution in [0.25, 0.3) is 0 Å².